The maximum atomic E-state index is 12.3. The van der Waals surface area contributed by atoms with Crippen LogP contribution < -0.4 is 10.6 Å². The van der Waals surface area contributed by atoms with Crippen LogP contribution in [0.3, 0.4) is 0 Å². The highest BCUT2D eigenvalue weighted by atomic mass is 16.5. The molecular formula is C20H25N3O2. The summed E-state index contributed by atoms with van der Waals surface area (Å²) in [6, 6.07) is 11.9. The molecule has 0 aliphatic carbocycles. The van der Waals surface area contributed by atoms with Gasteiger partial charge in [-0.15, -0.1) is 0 Å². The van der Waals surface area contributed by atoms with Gasteiger partial charge in [0.1, 0.15) is 5.69 Å². The third-order valence-corrected chi connectivity index (χ3v) is 4.37. The third kappa shape index (κ3) is 4.57. The van der Waals surface area contributed by atoms with E-state index in [-0.39, 0.29) is 12.0 Å². The molecule has 0 spiro atoms. The molecule has 2 aromatic rings. The number of para-hydroxylation sites is 1. The number of benzene rings is 1. The van der Waals surface area contributed by atoms with Crippen molar-refractivity contribution in [3.63, 3.8) is 0 Å². The largest absolute Gasteiger partial charge is 0.376 e. The van der Waals surface area contributed by atoms with Crippen LogP contribution in [0.5, 0.6) is 0 Å². The molecule has 1 aliphatic heterocycles. The number of anilines is 2. The Morgan fingerprint density at radius 2 is 2.16 bits per heavy atom. The van der Waals surface area contributed by atoms with Gasteiger partial charge in [0.15, 0.2) is 0 Å². The summed E-state index contributed by atoms with van der Waals surface area (Å²) in [6.07, 6.45) is 3.85. The summed E-state index contributed by atoms with van der Waals surface area (Å²) in [4.78, 5) is 16.5. The molecule has 2 N–H and O–H groups in total. The molecule has 0 saturated carbocycles. The van der Waals surface area contributed by atoms with Crippen LogP contribution in [0, 0.1) is 0 Å². The van der Waals surface area contributed by atoms with E-state index in [1.54, 1.807) is 12.3 Å². The second kappa shape index (κ2) is 8.12. The fourth-order valence-corrected chi connectivity index (χ4v) is 3.00. The van der Waals surface area contributed by atoms with Gasteiger partial charge in [-0.1, -0.05) is 32.0 Å². The minimum absolute atomic E-state index is 0.128. The first-order valence-electron chi connectivity index (χ1n) is 8.85. The molecule has 5 nitrogen and oxygen atoms in total. The molecule has 25 heavy (non-hydrogen) atoms. The van der Waals surface area contributed by atoms with Gasteiger partial charge >= 0.3 is 0 Å². The summed E-state index contributed by atoms with van der Waals surface area (Å²) in [5.41, 5.74) is 3.55. The number of nitrogens with zero attached hydrogens (tertiary/aromatic N) is 1. The van der Waals surface area contributed by atoms with Gasteiger partial charge in [-0.25, -0.2) is 0 Å². The molecule has 1 atom stereocenters. The molecular weight excluding hydrogens is 314 g/mol. The molecule has 2 heterocycles. The number of pyridine rings is 1. The first kappa shape index (κ1) is 17.4. The fourth-order valence-electron chi connectivity index (χ4n) is 3.00. The van der Waals surface area contributed by atoms with Crippen LogP contribution >= 0.6 is 0 Å². The monoisotopic (exact) mass is 339 g/mol. The van der Waals surface area contributed by atoms with Crippen LogP contribution in [0.4, 0.5) is 11.4 Å². The van der Waals surface area contributed by atoms with Crippen molar-refractivity contribution in [1.29, 1.82) is 0 Å². The number of amides is 1. The predicted molar refractivity (Wildman–Crippen MR) is 99.4 cm³/mol. The minimum Gasteiger partial charge on any atom is -0.376 e. The molecule has 1 saturated heterocycles. The van der Waals surface area contributed by atoms with Crippen LogP contribution in [0.1, 0.15) is 48.7 Å². The average molecular weight is 339 g/mol. The molecule has 3 rings (SSSR count). The highest BCUT2D eigenvalue weighted by Crippen LogP contribution is 2.26. The molecule has 1 fully saturated rings. The van der Waals surface area contributed by atoms with Gasteiger partial charge in [0.05, 0.1) is 6.10 Å². The molecule has 5 heteroatoms. The number of carbonyl (C=O) groups is 1. The second-order valence-electron chi connectivity index (χ2n) is 6.64. The number of hydrogen-bond donors (Lipinski definition) is 2. The Bertz CT molecular complexity index is 724. The van der Waals surface area contributed by atoms with Crippen molar-refractivity contribution in [3.8, 4) is 0 Å². The van der Waals surface area contributed by atoms with E-state index < -0.39 is 0 Å². The van der Waals surface area contributed by atoms with Gasteiger partial charge < -0.3 is 15.4 Å². The maximum Gasteiger partial charge on any atom is 0.270 e. The van der Waals surface area contributed by atoms with Crippen LogP contribution in [-0.2, 0) is 4.74 Å². The Hall–Kier alpha value is -2.40. The molecule has 1 aliphatic rings. The molecule has 1 amide bonds. The van der Waals surface area contributed by atoms with Gasteiger partial charge in [0, 0.05) is 30.7 Å². The molecule has 132 valence electrons. The van der Waals surface area contributed by atoms with Crippen molar-refractivity contribution in [2.24, 2.45) is 0 Å². The number of hydrogen-bond acceptors (Lipinski definition) is 4. The van der Waals surface area contributed by atoms with E-state index in [1.165, 1.54) is 5.56 Å². The van der Waals surface area contributed by atoms with Crippen LogP contribution in [0.25, 0.3) is 0 Å². The number of nitrogens with one attached hydrogen (secondary N) is 2. The van der Waals surface area contributed by atoms with E-state index in [2.05, 4.69) is 35.5 Å². The van der Waals surface area contributed by atoms with E-state index in [0.29, 0.717) is 18.2 Å². The summed E-state index contributed by atoms with van der Waals surface area (Å²) >= 11 is 0. The van der Waals surface area contributed by atoms with Crippen molar-refractivity contribution in [1.82, 2.24) is 10.3 Å². The Morgan fingerprint density at radius 3 is 2.92 bits per heavy atom. The highest BCUT2D eigenvalue weighted by molar-refractivity contribution is 5.93. The second-order valence-corrected chi connectivity index (χ2v) is 6.64. The maximum absolute atomic E-state index is 12.3. The lowest BCUT2D eigenvalue weighted by Crippen LogP contribution is -2.32. The fraction of sp³-hybridized carbons (Fsp3) is 0.400. The number of carbonyl (C=O) groups excluding carboxylic acids is 1. The Labute approximate surface area is 148 Å². The summed E-state index contributed by atoms with van der Waals surface area (Å²) in [5, 5.41) is 6.31. The Balaban J connectivity index is 1.68. The Kier molecular flexibility index (Phi) is 5.66. The van der Waals surface area contributed by atoms with E-state index in [9.17, 15) is 4.79 Å². The minimum atomic E-state index is -0.170. The normalized spacial score (nSPS) is 16.8. The highest BCUT2D eigenvalue weighted by Gasteiger charge is 2.17. The first-order chi connectivity index (χ1) is 12.1. The van der Waals surface area contributed by atoms with Gasteiger partial charge in [-0.05, 0) is 42.5 Å². The van der Waals surface area contributed by atoms with Crippen LogP contribution in [0.2, 0.25) is 0 Å². The molecule has 0 radical (unpaired) electrons. The summed E-state index contributed by atoms with van der Waals surface area (Å²) < 4.78 is 5.53. The lowest BCUT2D eigenvalue weighted by Gasteiger charge is -2.15. The zero-order chi connectivity index (χ0) is 17.6. The molecule has 0 bridgehead atoms. The SMILES string of the molecule is CC(C)c1ccccc1Nc1ccnc(C(=O)NCC2CCCO2)c1. The molecule has 1 unspecified atom stereocenters. The van der Waals surface area contributed by atoms with Crippen molar-refractivity contribution < 1.29 is 9.53 Å². The number of aromatic nitrogens is 1. The summed E-state index contributed by atoms with van der Waals surface area (Å²) in [7, 11) is 0. The summed E-state index contributed by atoms with van der Waals surface area (Å²) in [6.45, 7) is 5.65. The van der Waals surface area contributed by atoms with Crippen molar-refractivity contribution in [2.75, 3.05) is 18.5 Å². The lowest BCUT2D eigenvalue weighted by molar-refractivity contribution is 0.0854. The van der Waals surface area contributed by atoms with Crippen molar-refractivity contribution >= 4 is 17.3 Å². The molecule has 1 aromatic heterocycles. The zero-order valence-corrected chi connectivity index (χ0v) is 14.8. The van der Waals surface area contributed by atoms with Gasteiger partial charge in [0.25, 0.3) is 5.91 Å². The average Bonchev–Trinajstić information content (AvgIpc) is 3.14. The number of ether oxygens (including phenoxy) is 1. The summed E-state index contributed by atoms with van der Waals surface area (Å²) in [5.74, 6) is 0.246. The van der Waals surface area contributed by atoms with Gasteiger partial charge in [-0.2, -0.15) is 0 Å². The van der Waals surface area contributed by atoms with E-state index in [0.717, 1.165) is 30.8 Å². The standard InChI is InChI=1S/C20H25N3O2/c1-14(2)17-7-3-4-8-18(17)23-15-9-10-21-19(12-15)20(24)22-13-16-6-5-11-25-16/h3-4,7-10,12,14,16H,5-6,11,13H2,1-2H3,(H,21,23)(H,22,24). The third-order valence-electron chi connectivity index (χ3n) is 4.37. The lowest BCUT2D eigenvalue weighted by atomic mass is 10.0. The molecule has 1 aromatic carbocycles. The predicted octanol–water partition coefficient (Wildman–Crippen LogP) is 3.86. The first-order valence-corrected chi connectivity index (χ1v) is 8.85. The van der Waals surface area contributed by atoms with Gasteiger partial charge in [-0.3, -0.25) is 9.78 Å². The van der Waals surface area contributed by atoms with Crippen LogP contribution in [-0.4, -0.2) is 30.1 Å². The Morgan fingerprint density at radius 1 is 1.32 bits per heavy atom. The van der Waals surface area contributed by atoms with Crippen molar-refractivity contribution in [2.45, 2.75) is 38.7 Å². The quantitative estimate of drug-likeness (QED) is 0.839. The zero-order valence-electron chi connectivity index (χ0n) is 14.8. The van der Waals surface area contributed by atoms with E-state index >= 15 is 0 Å². The van der Waals surface area contributed by atoms with E-state index in [1.807, 2.05) is 24.3 Å². The van der Waals surface area contributed by atoms with Gasteiger partial charge in [0.2, 0.25) is 0 Å². The number of rotatable bonds is 6. The van der Waals surface area contributed by atoms with Crippen molar-refractivity contribution in [3.05, 3.63) is 53.9 Å². The topological polar surface area (TPSA) is 63.2 Å². The van der Waals surface area contributed by atoms with E-state index in [4.69, 9.17) is 4.74 Å². The van der Waals surface area contributed by atoms with Crippen LogP contribution in [0.15, 0.2) is 42.6 Å². The smallest absolute Gasteiger partial charge is 0.270 e.